The number of rotatable bonds is 2. The Morgan fingerprint density at radius 3 is 1.45 bits per heavy atom. The normalized spacial score (nSPS) is 25.7. The van der Waals surface area contributed by atoms with Gasteiger partial charge in [0, 0.05) is 11.4 Å². The van der Waals surface area contributed by atoms with Crippen LogP contribution in [0.25, 0.3) is 0 Å². The molecule has 2 aromatic rings. The van der Waals surface area contributed by atoms with Gasteiger partial charge >= 0.3 is 0 Å². The molecule has 0 radical (unpaired) electrons. The Morgan fingerprint density at radius 2 is 1.10 bits per heavy atom. The Bertz CT molecular complexity index is 571. The van der Waals surface area contributed by atoms with Crippen LogP contribution in [0.15, 0.2) is 48.5 Å². The summed E-state index contributed by atoms with van der Waals surface area (Å²) in [7, 11) is -1.12. The van der Waals surface area contributed by atoms with Crippen molar-refractivity contribution in [2.24, 2.45) is 0 Å². The molecule has 3 rings (SSSR count). The number of hydrazine groups is 1. The highest BCUT2D eigenvalue weighted by Gasteiger charge is 2.34. The SMILES string of the molecule is Nc1ccc(C2NNC(c3ccc(N)cc3)S2=O)cc1. The Hall–Kier alpha value is -1.89. The molecular weight excluding hydrogens is 272 g/mol. The summed E-state index contributed by atoms with van der Waals surface area (Å²) in [6.07, 6.45) is 0. The maximum absolute atomic E-state index is 12.6. The Balaban J connectivity index is 1.83. The van der Waals surface area contributed by atoms with E-state index >= 15 is 0 Å². The molecule has 1 heterocycles. The standard InChI is InChI=1S/C14H16N4OS/c15-11-5-1-9(2-6-11)13-17-18-14(20(13)19)10-3-7-12(16)8-4-10/h1-8,13-14,17-18H,15-16H2. The molecule has 1 saturated heterocycles. The average Bonchev–Trinajstić information content (AvgIpc) is 2.83. The maximum Gasteiger partial charge on any atom is 0.123 e. The number of benzene rings is 2. The van der Waals surface area contributed by atoms with Gasteiger partial charge in [0.2, 0.25) is 0 Å². The molecule has 1 fully saturated rings. The van der Waals surface area contributed by atoms with E-state index in [1.807, 2.05) is 48.5 Å². The van der Waals surface area contributed by atoms with Crippen LogP contribution in [0, 0.1) is 0 Å². The second kappa shape index (κ2) is 5.24. The third-order valence-corrected chi connectivity index (χ3v) is 5.00. The zero-order valence-electron chi connectivity index (χ0n) is 10.7. The summed E-state index contributed by atoms with van der Waals surface area (Å²) < 4.78 is 12.6. The number of nitrogens with two attached hydrogens (primary N) is 2. The van der Waals surface area contributed by atoms with Gasteiger partial charge in [0.15, 0.2) is 0 Å². The largest absolute Gasteiger partial charge is 0.399 e. The number of nitrogens with one attached hydrogen (secondary N) is 2. The molecule has 104 valence electrons. The van der Waals surface area contributed by atoms with Crippen LogP contribution in [0.3, 0.4) is 0 Å². The minimum atomic E-state index is -1.12. The van der Waals surface area contributed by atoms with Gasteiger partial charge in [-0.2, -0.15) is 0 Å². The fourth-order valence-electron chi connectivity index (χ4n) is 2.18. The molecule has 2 unspecified atom stereocenters. The third kappa shape index (κ3) is 2.40. The second-order valence-electron chi connectivity index (χ2n) is 4.71. The molecule has 5 nitrogen and oxygen atoms in total. The molecule has 6 N–H and O–H groups in total. The molecule has 2 aromatic carbocycles. The van der Waals surface area contributed by atoms with E-state index in [1.165, 1.54) is 0 Å². The van der Waals surface area contributed by atoms with Gasteiger partial charge in [-0.15, -0.1) is 0 Å². The van der Waals surface area contributed by atoms with Crippen molar-refractivity contribution in [3.8, 4) is 0 Å². The number of anilines is 2. The van der Waals surface area contributed by atoms with E-state index < -0.39 is 10.8 Å². The first-order valence-electron chi connectivity index (χ1n) is 6.26. The summed E-state index contributed by atoms with van der Waals surface area (Å²) >= 11 is 0. The Kier molecular flexibility index (Phi) is 3.43. The van der Waals surface area contributed by atoms with Crippen LogP contribution in [0.5, 0.6) is 0 Å². The predicted molar refractivity (Wildman–Crippen MR) is 81.6 cm³/mol. The summed E-state index contributed by atoms with van der Waals surface area (Å²) in [5.74, 6) is 0. The van der Waals surface area contributed by atoms with Gasteiger partial charge in [-0.05, 0) is 35.4 Å². The van der Waals surface area contributed by atoms with Gasteiger partial charge < -0.3 is 11.5 Å². The summed E-state index contributed by atoms with van der Waals surface area (Å²) in [5, 5.41) is -0.503. The lowest BCUT2D eigenvalue weighted by Crippen LogP contribution is -2.26. The highest BCUT2D eigenvalue weighted by molar-refractivity contribution is 7.85. The van der Waals surface area contributed by atoms with Crippen LogP contribution in [0.4, 0.5) is 11.4 Å². The van der Waals surface area contributed by atoms with E-state index in [1.54, 1.807) is 0 Å². The highest BCUT2D eigenvalue weighted by Crippen LogP contribution is 2.31. The summed E-state index contributed by atoms with van der Waals surface area (Å²) in [6, 6.07) is 14.8. The Labute approximate surface area is 119 Å². The molecule has 0 aromatic heterocycles. The molecule has 0 bridgehead atoms. The minimum Gasteiger partial charge on any atom is -0.399 e. The first-order valence-corrected chi connectivity index (χ1v) is 7.54. The molecule has 6 heteroatoms. The van der Waals surface area contributed by atoms with Crippen LogP contribution in [0.2, 0.25) is 0 Å². The van der Waals surface area contributed by atoms with E-state index in [-0.39, 0.29) is 10.7 Å². The maximum atomic E-state index is 12.6. The van der Waals surface area contributed by atoms with Crippen molar-refractivity contribution < 1.29 is 4.21 Å². The third-order valence-electron chi connectivity index (χ3n) is 3.29. The zero-order valence-corrected chi connectivity index (χ0v) is 11.6. The summed E-state index contributed by atoms with van der Waals surface area (Å²) in [5.41, 5.74) is 20.8. The topological polar surface area (TPSA) is 93.2 Å². The zero-order chi connectivity index (χ0) is 14.1. The van der Waals surface area contributed by atoms with Gasteiger partial charge in [-0.25, -0.2) is 10.9 Å². The summed E-state index contributed by atoms with van der Waals surface area (Å²) in [4.78, 5) is 0. The molecule has 2 atom stereocenters. The van der Waals surface area contributed by atoms with E-state index in [0.29, 0.717) is 11.4 Å². The second-order valence-corrected chi connectivity index (χ2v) is 6.31. The lowest BCUT2D eigenvalue weighted by atomic mass is 10.2. The Morgan fingerprint density at radius 1 is 0.750 bits per heavy atom. The minimum absolute atomic E-state index is 0.252. The molecule has 0 aliphatic carbocycles. The number of nitrogen functional groups attached to an aromatic ring is 2. The van der Waals surface area contributed by atoms with Crippen molar-refractivity contribution >= 4 is 22.2 Å². The van der Waals surface area contributed by atoms with Gasteiger partial charge in [0.05, 0.1) is 10.8 Å². The smallest absolute Gasteiger partial charge is 0.123 e. The van der Waals surface area contributed by atoms with Crippen molar-refractivity contribution in [3.63, 3.8) is 0 Å². The number of hydrogen-bond donors (Lipinski definition) is 4. The van der Waals surface area contributed by atoms with E-state index in [4.69, 9.17) is 11.5 Å². The quantitative estimate of drug-likeness (QED) is 0.627. The molecule has 20 heavy (non-hydrogen) atoms. The monoisotopic (exact) mass is 288 g/mol. The molecular formula is C14H16N4OS. The lowest BCUT2D eigenvalue weighted by Gasteiger charge is -2.11. The van der Waals surface area contributed by atoms with Crippen molar-refractivity contribution in [2.45, 2.75) is 10.7 Å². The van der Waals surface area contributed by atoms with Gasteiger partial charge in [0.25, 0.3) is 0 Å². The van der Waals surface area contributed by atoms with Crippen molar-refractivity contribution in [2.75, 3.05) is 11.5 Å². The molecule has 1 aliphatic rings. The summed E-state index contributed by atoms with van der Waals surface area (Å²) in [6.45, 7) is 0. The average molecular weight is 288 g/mol. The predicted octanol–water partition coefficient (Wildman–Crippen LogP) is 1.40. The molecule has 0 saturated carbocycles. The lowest BCUT2D eigenvalue weighted by molar-refractivity contribution is 0.555. The van der Waals surface area contributed by atoms with Crippen molar-refractivity contribution in [1.29, 1.82) is 0 Å². The van der Waals surface area contributed by atoms with Gasteiger partial charge in [0.1, 0.15) is 10.7 Å². The van der Waals surface area contributed by atoms with Crippen molar-refractivity contribution in [3.05, 3.63) is 59.7 Å². The fraction of sp³-hybridized carbons (Fsp3) is 0.143. The van der Waals surface area contributed by atoms with Gasteiger partial charge in [-0.1, -0.05) is 24.3 Å². The first kappa shape index (κ1) is 13.1. The molecule has 0 amide bonds. The van der Waals surface area contributed by atoms with E-state index in [0.717, 1.165) is 11.1 Å². The van der Waals surface area contributed by atoms with Crippen LogP contribution in [0.1, 0.15) is 21.9 Å². The van der Waals surface area contributed by atoms with Gasteiger partial charge in [-0.3, -0.25) is 4.21 Å². The number of hydrogen-bond acceptors (Lipinski definition) is 5. The molecule has 1 aliphatic heterocycles. The fourth-order valence-corrected chi connectivity index (χ4v) is 3.67. The van der Waals surface area contributed by atoms with Crippen LogP contribution >= 0.6 is 0 Å². The van der Waals surface area contributed by atoms with E-state index in [2.05, 4.69) is 10.9 Å². The van der Waals surface area contributed by atoms with Crippen LogP contribution in [-0.4, -0.2) is 4.21 Å². The highest BCUT2D eigenvalue weighted by atomic mass is 32.2. The van der Waals surface area contributed by atoms with E-state index in [9.17, 15) is 4.21 Å². The first-order chi connectivity index (χ1) is 9.65. The van der Waals surface area contributed by atoms with Crippen LogP contribution in [-0.2, 0) is 10.8 Å². The molecule has 0 spiro atoms. The van der Waals surface area contributed by atoms with Crippen LogP contribution < -0.4 is 22.3 Å². The van der Waals surface area contributed by atoms with Crippen molar-refractivity contribution in [1.82, 2.24) is 10.9 Å².